The second kappa shape index (κ2) is 7.19. The first-order valence-electron chi connectivity index (χ1n) is 6.49. The minimum absolute atomic E-state index is 0.770. The third-order valence-electron chi connectivity index (χ3n) is 2.74. The van der Waals surface area contributed by atoms with E-state index in [1.807, 2.05) is 24.3 Å². The van der Waals surface area contributed by atoms with Crippen molar-refractivity contribution in [3.63, 3.8) is 0 Å². The van der Waals surface area contributed by atoms with Crippen LogP contribution in [0.15, 0.2) is 53.0 Å². The fourth-order valence-electron chi connectivity index (χ4n) is 1.70. The molecule has 2 nitrogen and oxygen atoms in total. The van der Waals surface area contributed by atoms with Crippen LogP contribution in [0.4, 0.5) is 5.69 Å². The third-order valence-corrected chi connectivity index (χ3v) is 3.27. The number of benzene rings is 2. The number of anilines is 1. The van der Waals surface area contributed by atoms with Gasteiger partial charge in [-0.25, -0.2) is 0 Å². The van der Waals surface area contributed by atoms with Gasteiger partial charge in [-0.1, -0.05) is 35.0 Å². The summed E-state index contributed by atoms with van der Waals surface area (Å²) in [6.45, 7) is 3.70. The molecule has 0 heterocycles. The first kappa shape index (κ1) is 13.9. The van der Waals surface area contributed by atoms with Gasteiger partial charge in [-0.2, -0.15) is 0 Å². The van der Waals surface area contributed by atoms with Crippen molar-refractivity contribution in [1.29, 1.82) is 0 Å². The van der Waals surface area contributed by atoms with Crippen molar-refractivity contribution in [2.75, 3.05) is 11.9 Å². The van der Waals surface area contributed by atoms with E-state index in [9.17, 15) is 0 Å². The molecule has 0 amide bonds. The quantitative estimate of drug-likeness (QED) is 0.821. The lowest BCUT2D eigenvalue weighted by Crippen LogP contribution is -1.99. The van der Waals surface area contributed by atoms with Crippen molar-refractivity contribution in [2.45, 2.75) is 19.9 Å². The van der Waals surface area contributed by atoms with E-state index in [4.69, 9.17) is 4.74 Å². The number of hydrogen-bond acceptors (Lipinski definition) is 2. The van der Waals surface area contributed by atoms with Gasteiger partial charge in [-0.05, 0) is 48.4 Å². The average molecular weight is 320 g/mol. The van der Waals surface area contributed by atoms with Crippen LogP contribution in [0.2, 0.25) is 0 Å². The monoisotopic (exact) mass is 319 g/mol. The lowest BCUT2D eigenvalue weighted by molar-refractivity contribution is 0.317. The number of halogens is 1. The Balaban J connectivity index is 1.87. The van der Waals surface area contributed by atoms with Gasteiger partial charge in [0.25, 0.3) is 0 Å². The zero-order chi connectivity index (χ0) is 13.5. The molecule has 0 spiro atoms. The van der Waals surface area contributed by atoms with Gasteiger partial charge in [-0.15, -0.1) is 0 Å². The molecule has 19 heavy (non-hydrogen) atoms. The minimum Gasteiger partial charge on any atom is -0.494 e. The molecule has 0 saturated carbocycles. The van der Waals surface area contributed by atoms with Crippen LogP contribution in [-0.4, -0.2) is 6.61 Å². The van der Waals surface area contributed by atoms with E-state index in [1.54, 1.807) is 0 Å². The highest BCUT2D eigenvalue weighted by molar-refractivity contribution is 9.10. The van der Waals surface area contributed by atoms with E-state index < -0.39 is 0 Å². The molecule has 2 aromatic rings. The van der Waals surface area contributed by atoms with Crippen LogP contribution in [0, 0.1) is 0 Å². The summed E-state index contributed by atoms with van der Waals surface area (Å²) in [6.07, 6.45) is 1.03. The molecule has 0 aromatic heterocycles. The van der Waals surface area contributed by atoms with Gasteiger partial charge in [-0.3, -0.25) is 0 Å². The molecule has 2 rings (SSSR count). The van der Waals surface area contributed by atoms with E-state index in [-0.39, 0.29) is 0 Å². The lowest BCUT2D eigenvalue weighted by Gasteiger charge is -2.08. The van der Waals surface area contributed by atoms with E-state index >= 15 is 0 Å². The van der Waals surface area contributed by atoms with Gasteiger partial charge < -0.3 is 10.1 Å². The molecule has 0 bridgehead atoms. The molecule has 3 heteroatoms. The van der Waals surface area contributed by atoms with E-state index in [0.717, 1.165) is 35.5 Å². The molecule has 100 valence electrons. The molecule has 0 unspecified atom stereocenters. The maximum atomic E-state index is 5.55. The molecule has 1 N–H and O–H groups in total. The van der Waals surface area contributed by atoms with Gasteiger partial charge in [0.05, 0.1) is 6.61 Å². The van der Waals surface area contributed by atoms with Gasteiger partial charge in [0.2, 0.25) is 0 Å². The van der Waals surface area contributed by atoms with E-state index in [2.05, 4.69) is 52.4 Å². The number of nitrogens with one attached hydrogen (secondary N) is 1. The topological polar surface area (TPSA) is 21.3 Å². The Bertz CT molecular complexity index is 493. The SMILES string of the molecule is CCCOc1ccc(NCc2ccc(Br)cc2)cc1. The predicted octanol–water partition coefficient (Wildman–Crippen LogP) is 4.85. The molecule has 0 radical (unpaired) electrons. The largest absolute Gasteiger partial charge is 0.494 e. The maximum Gasteiger partial charge on any atom is 0.119 e. The van der Waals surface area contributed by atoms with Gasteiger partial charge in [0.1, 0.15) is 5.75 Å². The maximum absolute atomic E-state index is 5.55. The molecule has 0 atom stereocenters. The molecule has 0 aliphatic rings. The Kier molecular flexibility index (Phi) is 5.28. The fourth-order valence-corrected chi connectivity index (χ4v) is 1.96. The van der Waals surface area contributed by atoms with E-state index in [1.165, 1.54) is 5.56 Å². The van der Waals surface area contributed by atoms with Crippen LogP contribution in [-0.2, 0) is 6.54 Å². The summed E-state index contributed by atoms with van der Waals surface area (Å²) >= 11 is 3.44. The zero-order valence-electron chi connectivity index (χ0n) is 11.0. The average Bonchev–Trinajstić information content (AvgIpc) is 2.46. The smallest absolute Gasteiger partial charge is 0.119 e. The van der Waals surface area contributed by atoms with Gasteiger partial charge in [0, 0.05) is 16.7 Å². The number of ether oxygens (including phenoxy) is 1. The van der Waals surface area contributed by atoms with Crippen molar-refractivity contribution in [3.05, 3.63) is 58.6 Å². The normalized spacial score (nSPS) is 10.2. The molecule has 0 aliphatic heterocycles. The minimum atomic E-state index is 0.770. The van der Waals surface area contributed by atoms with Crippen molar-refractivity contribution < 1.29 is 4.74 Å². The summed E-state index contributed by atoms with van der Waals surface area (Å²) < 4.78 is 6.66. The summed E-state index contributed by atoms with van der Waals surface area (Å²) in [7, 11) is 0. The van der Waals surface area contributed by atoms with E-state index in [0.29, 0.717) is 0 Å². The zero-order valence-corrected chi connectivity index (χ0v) is 12.6. The molecular formula is C16H18BrNO. The van der Waals surface area contributed by atoms with Gasteiger partial charge in [0.15, 0.2) is 0 Å². The Morgan fingerprint density at radius 3 is 2.32 bits per heavy atom. The first-order chi connectivity index (χ1) is 9.28. The van der Waals surface area contributed by atoms with Crippen LogP contribution in [0.1, 0.15) is 18.9 Å². The highest BCUT2D eigenvalue weighted by atomic mass is 79.9. The highest BCUT2D eigenvalue weighted by Gasteiger charge is 1.96. The molecule has 0 fully saturated rings. The lowest BCUT2D eigenvalue weighted by atomic mass is 10.2. The van der Waals surface area contributed by atoms with Crippen molar-refractivity contribution in [3.8, 4) is 5.75 Å². The Labute approximate surface area is 122 Å². The van der Waals surface area contributed by atoms with Crippen LogP contribution >= 0.6 is 15.9 Å². The van der Waals surface area contributed by atoms with Crippen LogP contribution in [0.5, 0.6) is 5.75 Å². The number of rotatable bonds is 6. The van der Waals surface area contributed by atoms with Crippen molar-refractivity contribution in [1.82, 2.24) is 0 Å². The Morgan fingerprint density at radius 2 is 1.68 bits per heavy atom. The highest BCUT2D eigenvalue weighted by Crippen LogP contribution is 2.17. The van der Waals surface area contributed by atoms with Crippen LogP contribution in [0.3, 0.4) is 0 Å². The second-order valence-corrected chi connectivity index (χ2v) is 5.27. The summed E-state index contributed by atoms with van der Waals surface area (Å²) in [6, 6.07) is 16.4. The van der Waals surface area contributed by atoms with Gasteiger partial charge >= 0.3 is 0 Å². The third kappa shape index (κ3) is 4.60. The Hall–Kier alpha value is -1.48. The summed E-state index contributed by atoms with van der Waals surface area (Å²) in [5.41, 5.74) is 2.36. The molecule has 0 saturated heterocycles. The molecular weight excluding hydrogens is 302 g/mol. The summed E-state index contributed by atoms with van der Waals surface area (Å²) in [4.78, 5) is 0. The standard InChI is InChI=1S/C16H18BrNO/c1-2-11-19-16-9-7-15(8-10-16)18-12-13-3-5-14(17)6-4-13/h3-10,18H,2,11-12H2,1H3. The van der Waals surface area contributed by atoms with Crippen LogP contribution in [0.25, 0.3) is 0 Å². The molecule has 0 aliphatic carbocycles. The Morgan fingerprint density at radius 1 is 1.00 bits per heavy atom. The molecule has 2 aromatic carbocycles. The van der Waals surface area contributed by atoms with Crippen molar-refractivity contribution in [2.24, 2.45) is 0 Å². The first-order valence-corrected chi connectivity index (χ1v) is 7.28. The second-order valence-electron chi connectivity index (χ2n) is 4.35. The van der Waals surface area contributed by atoms with Crippen molar-refractivity contribution >= 4 is 21.6 Å². The predicted molar refractivity (Wildman–Crippen MR) is 83.7 cm³/mol. The summed E-state index contributed by atoms with van der Waals surface area (Å²) in [5.74, 6) is 0.927. The number of hydrogen-bond donors (Lipinski definition) is 1. The fraction of sp³-hybridized carbons (Fsp3) is 0.250. The summed E-state index contributed by atoms with van der Waals surface area (Å²) in [5, 5.41) is 3.39. The van der Waals surface area contributed by atoms with Crippen LogP contribution < -0.4 is 10.1 Å².